The monoisotopic (exact) mass is 382 g/mol. The Hall–Kier alpha value is -2.56. The third kappa shape index (κ3) is 4.46. The average Bonchev–Trinajstić information content (AvgIpc) is 3.43. The van der Waals surface area contributed by atoms with E-state index in [2.05, 4.69) is 9.88 Å². The van der Waals surface area contributed by atoms with Crippen molar-refractivity contribution >= 4 is 11.9 Å². The van der Waals surface area contributed by atoms with Crippen LogP contribution < -0.4 is 5.32 Å². The zero-order valence-corrected chi connectivity index (χ0v) is 17.2. The molecule has 1 N–H and O–H groups in total. The first-order valence-electron chi connectivity index (χ1n) is 10.0. The molecule has 5 nitrogen and oxygen atoms in total. The van der Waals surface area contributed by atoms with E-state index in [1.54, 1.807) is 13.8 Å². The van der Waals surface area contributed by atoms with Crippen LogP contribution in [0.5, 0.6) is 0 Å². The maximum absolute atomic E-state index is 13.1. The van der Waals surface area contributed by atoms with Gasteiger partial charge in [0.1, 0.15) is 5.54 Å². The van der Waals surface area contributed by atoms with Crippen LogP contribution >= 0.6 is 0 Å². The molecule has 1 aliphatic carbocycles. The van der Waals surface area contributed by atoms with Gasteiger partial charge in [-0.15, -0.1) is 0 Å². The number of hydrogen-bond donors (Lipinski definition) is 1. The lowest BCUT2D eigenvalue weighted by molar-refractivity contribution is -0.150. The lowest BCUT2D eigenvalue weighted by Crippen LogP contribution is -2.54. The number of ether oxygens (including phenoxy) is 1. The largest absolute Gasteiger partial charge is 0.464 e. The molecule has 1 heterocycles. The van der Waals surface area contributed by atoms with E-state index in [-0.39, 0.29) is 12.5 Å². The van der Waals surface area contributed by atoms with Gasteiger partial charge >= 0.3 is 5.97 Å². The van der Waals surface area contributed by atoms with Crippen LogP contribution in [-0.2, 0) is 22.5 Å². The Morgan fingerprint density at radius 3 is 2.50 bits per heavy atom. The Morgan fingerprint density at radius 2 is 1.89 bits per heavy atom. The average molecular weight is 383 g/mol. The van der Waals surface area contributed by atoms with E-state index in [1.807, 2.05) is 50.2 Å². The summed E-state index contributed by atoms with van der Waals surface area (Å²) < 4.78 is 7.49. The zero-order valence-electron chi connectivity index (χ0n) is 17.2. The van der Waals surface area contributed by atoms with Crippen molar-refractivity contribution < 1.29 is 14.3 Å². The second-order valence-electron chi connectivity index (χ2n) is 8.01. The molecule has 0 spiro atoms. The summed E-state index contributed by atoms with van der Waals surface area (Å²) in [5.41, 5.74) is 2.50. The quantitative estimate of drug-likeness (QED) is 0.706. The van der Waals surface area contributed by atoms with Gasteiger partial charge in [-0.05, 0) is 58.1 Å². The summed E-state index contributed by atoms with van der Waals surface area (Å²) in [5, 5.41) is 2.97. The molecule has 150 valence electrons. The van der Waals surface area contributed by atoms with Crippen molar-refractivity contribution in [3.8, 4) is 0 Å². The van der Waals surface area contributed by atoms with Crippen molar-refractivity contribution in [2.75, 3.05) is 6.61 Å². The number of carbonyl (C=O) groups is 2. The van der Waals surface area contributed by atoms with E-state index >= 15 is 0 Å². The van der Waals surface area contributed by atoms with E-state index in [4.69, 9.17) is 4.74 Å². The van der Waals surface area contributed by atoms with E-state index in [0.29, 0.717) is 12.0 Å². The van der Waals surface area contributed by atoms with Gasteiger partial charge in [-0.3, -0.25) is 4.79 Å². The van der Waals surface area contributed by atoms with Gasteiger partial charge < -0.3 is 14.6 Å². The zero-order chi connectivity index (χ0) is 20.3. The Bertz CT molecular complexity index is 852. The molecule has 1 saturated carbocycles. The summed E-state index contributed by atoms with van der Waals surface area (Å²) >= 11 is 0. The fourth-order valence-electron chi connectivity index (χ4n) is 3.65. The van der Waals surface area contributed by atoms with E-state index in [9.17, 15) is 9.59 Å². The summed E-state index contributed by atoms with van der Waals surface area (Å²) in [4.78, 5) is 25.8. The Labute approximate surface area is 167 Å². The van der Waals surface area contributed by atoms with Crippen LogP contribution in [-0.4, -0.2) is 28.6 Å². The molecule has 28 heavy (non-hydrogen) atoms. The number of amides is 1. The lowest BCUT2D eigenvalue weighted by Gasteiger charge is -2.28. The second kappa shape index (κ2) is 8.21. The minimum Gasteiger partial charge on any atom is -0.464 e. The van der Waals surface area contributed by atoms with Crippen LogP contribution in [0.1, 0.15) is 54.0 Å². The van der Waals surface area contributed by atoms with Crippen LogP contribution in [0.4, 0.5) is 0 Å². The number of esters is 1. The standard InChI is InChI=1S/C23H30N2O3/c1-5-28-22(27)23(4,14-18-9-7-6-8-10-18)24-21(26)20-13-16(2)25(17(20)3)15-19-11-12-19/h6-10,13,19H,5,11-12,14-15H2,1-4H3,(H,24,26). The normalized spacial score (nSPS) is 15.7. The van der Waals surface area contributed by atoms with Gasteiger partial charge in [0.25, 0.3) is 5.91 Å². The molecule has 2 aromatic rings. The first kappa shape index (κ1) is 20.2. The highest BCUT2D eigenvalue weighted by atomic mass is 16.5. The highest BCUT2D eigenvalue weighted by Crippen LogP contribution is 2.32. The number of aryl methyl sites for hydroxylation is 1. The Balaban J connectivity index is 1.83. The van der Waals surface area contributed by atoms with Crippen molar-refractivity contribution in [2.45, 2.75) is 59.0 Å². The van der Waals surface area contributed by atoms with Crippen molar-refractivity contribution in [1.29, 1.82) is 0 Å². The number of benzene rings is 1. The number of nitrogens with zero attached hydrogens (tertiary/aromatic N) is 1. The van der Waals surface area contributed by atoms with Crippen molar-refractivity contribution in [2.24, 2.45) is 5.92 Å². The molecule has 0 aliphatic heterocycles. The van der Waals surface area contributed by atoms with Crippen LogP contribution in [0.25, 0.3) is 0 Å². The minimum atomic E-state index is -1.13. The fraction of sp³-hybridized carbons (Fsp3) is 0.478. The summed E-state index contributed by atoms with van der Waals surface area (Å²) in [6.45, 7) is 8.75. The van der Waals surface area contributed by atoms with Gasteiger partial charge in [-0.25, -0.2) is 4.79 Å². The summed E-state index contributed by atoms with van der Waals surface area (Å²) in [6, 6.07) is 11.6. The first-order chi connectivity index (χ1) is 13.3. The molecule has 0 bridgehead atoms. The van der Waals surface area contributed by atoms with Gasteiger partial charge in [-0.2, -0.15) is 0 Å². The molecule has 5 heteroatoms. The molecule has 1 fully saturated rings. The molecule has 1 atom stereocenters. The molecule has 0 radical (unpaired) electrons. The van der Waals surface area contributed by atoms with Gasteiger partial charge in [0.15, 0.2) is 0 Å². The van der Waals surface area contributed by atoms with Crippen LogP contribution in [0, 0.1) is 19.8 Å². The number of nitrogens with one attached hydrogen (secondary N) is 1. The number of hydrogen-bond acceptors (Lipinski definition) is 3. The summed E-state index contributed by atoms with van der Waals surface area (Å²) in [6.07, 6.45) is 2.90. The van der Waals surface area contributed by atoms with Gasteiger partial charge in [-0.1, -0.05) is 30.3 Å². The van der Waals surface area contributed by atoms with E-state index in [0.717, 1.165) is 29.4 Å². The summed E-state index contributed by atoms with van der Waals surface area (Å²) in [7, 11) is 0. The van der Waals surface area contributed by atoms with Crippen LogP contribution in [0.3, 0.4) is 0 Å². The highest BCUT2D eigenvalue weighted by molar-refractivity contribution is 5.99. The molecule has 1 aliphatic rings. The van der Waals surface area contributed by atoms with Gasteiger partial charge in [0.05, 0.1) is 12.2 Å². The smallest absolute Gasteiger partial charge is 0.331 e. The molecule has 1 unspecified atom stereocenters. The van der Waals surface area contributed by atoms with Crippen molar-refractivity contribution in [1.82, 2.24) is 9.88 Å². The predicted molar refractivity (Wildman–Crippen MR) is 109 cm³/mol. The molecular formula is C23H30N2O3. The lowest BCUT2D eigenvalue weighted by atomic mass is 9.92. The fourth-order valence-corrected chi connectivity index (χ4v) is 3.65. The minimum absolute atomic E-state index is 0.235. The number of aromatic nitrogens is 1. The summed E-state index contributed by atoms with van der Waals surface area (Å²) in [5.74, 6) is 0.0733. The Kier molecular flexibility index (Phi) is 5.92. The highest BCUT2D eigenvalue weighted by Gasteiger charge is 2.37. The predicted octanol–water partition coefficient (Wildman–Crippen LogP) is 3.81. The molecule has 0 saturated heterocycles. The van der Waals surface area contributed by atoms with Crippen molar-refractivity contribution in [3.05, 3.63) is 58.9 Å². The van der Waals surface area contributed by atoms with Crippen molar-refractivity contribution in [3.63, 3.8) is 0 Å². The van der Waals surface area contributed by atoms with Crippen LogP contribution in [0.2, 0.25) is 0 Å². The maximum Gasteiger partial charge on any atom is 0.331 e. The molecule has 3 rings (SSSR count). The van der Waals surface area contributed by atoms with Crippen LogP contribution in [0.15, 0.2) is 36.4 Å². The topological polar surface area (TPSA) is 60.3 Å². The number of rotatable bonds is 8. The maximum atomic E-state index is 13.1. The van der Waals surface area contributed by atoms with E-state index < -0.39 is 11.5 Å². The third-order valence-corrected chi connectivity index (χ3v) is 5.47. The molecule has 1 aromatic heterocycles. The van der Waals surface area contributed by atoms with E-state index in [1.165, 1.54) is 12.8 Å². The third-order valence-electron chi connectivity index (χ3n) is 5.47. The second-order valence-corrected chi connectivity index (χ2v) is 8.01. The molecule has 1 amide bonds. The Morgan fingerprint density at radius 1 is 1.21 bits per heavy atom. The molecule has 1 aromatic carbocycles. The van der Waals surface area contributed by atoms with Gasteiger partial charge in [0, 0.05) is 24.4 Å². The first-order valence-corrected chi connectivity index (χ1v) is 10.0. The SMILES string of the molecule is CCOC(=O)C(C)(Cc1ccccc1)NC(=O)c1cc(C)n(CC2CC2)c1C. The molecular weight excluding hydrogens is 352 g/mol. The van der Waals surface area contributed by atoms with Gasteiger partial charge in [0.2, 0.25) is 0 Å². The number of carbonyl (C=O) groups excluding carboxylic acids is 2.